The zero-order valence-corrected chi connectivity index (χ0v) is 27.8. The minimum absolute atomic E-state index is 0.144. The highest BCUT2D eigenvalue weighted by Gasteiger charge is 2.30. The largest absolute Gasteiger partial charge is 0.488 e. The van der Waals surface area contributed by atoms with Crippen LogP contribution in [0.1, 0.15) is 55.0 Å². The number of benzene rings is 5. The van der Waals surface area contributed by atoms with E-state index in [0.717, 1.165) is 65.0 Å². The molecule has 0 bridgehead atoms. The number of para-hydroxylation sites is 1. The number of esters is 2. The number of rotatable bonds is 13. The summed E-state index contributed by atoms with van der Waals surface area (Å²) in [4.78, 5) is 23.8. The number of methoxy groups -OCH3 is 2. The zero-order chi connectivity index (χ0) is 35.5. The monoisotopic (exact) mass is 678 g/mol. The lowest BCUT2D eigenvalue weighted by Crippen LogP contribution is -2.06. The number of allylic oxidation sites excluding steroid dienone is 1. The van der Waals surface area contributed by atoms with E-state index >= 15 is 0 Å². The van der Waals surface area contributed by atoms with Gasteiger partial charge >= 0.3 is 18.1 Å². The molecule has 0 amide bonds. The van der Waals surface area contributed by atoms with E-state index in [1.165, 1.54) is 26.4 Å². The first-order chi connectivity index (χ1) is 24.1. The highest BCUT2D eigenvalue weighted by Crippen LogP contribution is 2.31. The molecule has 0 aliphatic carbocycles. The Morgan fingerprint density at radius 2 is 1.18 bits per heavy atom. The van der Waals surface area contributed by atoms with Gasteiger partial charge in [0.1, 0.15) is 12.4 Å². The average Bonchev–Trinajstić information content (AvgIpc) is 3.15. The predicted molar refractivity (Wildman–Crippen MR) is 188 cm³/mol. The van der Waals surface area contributed by atoms with E-state index in [1.807, 2.05) is 72.8 Å². The Morgan fingerprint density at radius 1 is 0.660 bits per heavy atom. The van der Waals surface area contributed by atoms with Gasteiger partial charge in [-0.2, -0.15) is 13.2 Å². The van der Waals surface area contributed by atoms with Crippen LogP contribution in [0.15, 0.2) is 127 Å². The Labute approximate surface area is 290 Å². The normalized spacial score (nSPS) is 12.0. The van der Waals surface area contributed by atoms with Crippen LogP contribution in [0.25, 0.3) is 17.2 Å². The molecule has 0 saturated carbocycles. The van der Waals surface area contributed by atoms with Crippen molar-refractivity contribution in [3.63, 3.8) is 0 Å². The lowest BCUT2D eigenvalue weighted by molar-refractivity contribution is -0.137. The number of carbonyl (C=O) groups is 2. The molecule has 0 saturated heterocycles. The van der Waals surface area contributed by atoms with E-state index < -0.39 is 11.7 Å². The van der Waals surface area contributed by atoms with E-state index in [9.17, 15) is 22.8 Å². The quantitative estimate of drug-likeness (QED) is 0.116. The van der Waals surface area contributed by atoms with E-state index in [2.05, 4.69) is 12.2 Å². The first-order valence-corrected chi connectivity index (χ1v) is 16.1. The van der Waals surface area contributed by atoms with E-state index in [4.69, 9.17) is 14.2 Å². The Kier molecular flexibility index (Phi) is 11.9. The number of ether oxygens (including phenoxy) is 3. The standard InChI is InChI=1S/C42H37F3O5/c1-48-40(46)36-19-9-29(10-20-36)7-8-30(27-31-12-21-37(22-13-31)41(47)49-2)11-18-35-5-3-4-6-39(35)50-28-32-14-16-33(17-15-32)34-23-25-38(26-24-34)42(43,44)45/h3-6,9-26,30H,7-8,27-28H2,1-2H3/b18-11+. The second-order valence-corrected chi connectivity index (χ2v) is 11.8. The van der Waals surface area contributed by atoms with Gasteiger partial charge in [-0.25, -0.2) is 9.59 Å². The summed E-state index contributed by atoms with van der Waals surface area (Å²) in [6.45, 7) is 0.315. The van der Waals surface area contributed by atoms with Crippen LogP contribution in [0.3, 0.4) is 0 Å². The first kappa shape index (κ1) is 35.7. The summed E-state index contributed by atoms with van der Waals surface area (Å²) in [5.74, 6) is 0.110. The highest BCUT2D eigenvalue weighted by molar-refractivity contribution is 5.89. The van der Waals surface area contributed by atoms with E-state index in [0.29, 0.717) is 23.3 Å². The van der Waals surface area contributed by atoms with Crippen molar-refractivity contribution in [3.05, 3.63) is 166 Å². The van der Waals surface area contributed by atoms with Crippen LogP contribution in [0, 0.1) is 5.92 Å². The molecule has 0 heterocycles. The lowest BCUT2D eigenvalue weighted by Gasteiger charge is -2.15. The van der Waals surface area contributed by atoms with Crippen LogP contribution in [0.4, 0.5) is 13.2 Å². The summed E-state index contributed by atoms with van der Waals surface area (Å²) in [5.41, 5.74) is 5.87. The molecule has 8 heteroatoms. The smallest absolute Gasteiger partial charge is 0.416 e. The van der Waals surface area contributed by atoms with Gasteiger partial charge in [0.05, 0.1) is 30.9 Å². The van der Waals surface area contributed by atoms with Gasteiger partial charge in [-0.05, 0) is 95.5 Å². The summed E-state index contributed by atoms with van der Waals surface area (Å²) in [6.07, 6.45) is 2.24. The van der Waals surface area contributed by atoms with Gasteiger partial charge in [-0.3, -0.25) is 0 Å². The number of carbonyl (C=O) groups excluding carboxylic acids is 2. The molecule has 5 aromatic rings. The van der Waals surface area contributed by atoms with Crippen molar-refractivity contribution >= 4 is 18.0 Å². The summed E-state index contributed by atoms with van der Waals surface area (Å²) in [6, 6.07) is 35.3. The fraction of sp³-hybridized carbons (Fsp3) is 0.190. The second-order valence-electron chi connectivity index (χ2n) is 11.8. The van der Waals surface area contributed by atoms with Crippen molar-refractivity contribution in [2.45, 2.75) is 32.0 Å². The van der Waals surface area contributed by atoms with Crippen LogP contribution < -0.4 is 4.74 Å². The lowest BCUT2D eigenvalue weighted by atomic mass is 9.91. The van der Waals surface area contributed by atoms with Gasteiger partial charge in [-0.1, -0.05) is 91.0 Å². The molecule has 5 nitrogen and oxygen atoms in total. The fourth-order valence-corrected chi connectivity index (χ4v) is 5.54. The number of hydrogen-bond acceptors (Lipinski definition) is 5. The van der Waals surface area contributed by atoms with Gasteiger partial charge in [0.2, 0.25) is 0 Å². The molecule has 1 unspecified atom stereocenters. The third kappa shape index (κ3) is 9.72. The summed E-state index contributed by atoms with van der Waals surface area (Å²) >= 11 is 0. The molecular formula is C42H37F3O5. The van der Waals surface area contributed by atoms with Crippen molar-refractivity contribution in [1.82, 2.24) is 0 Å². The van der Waals surface area contributed by atoms with Crippen LogP contribution >= 0.6 is 0 Å². The van der Waals surface area contributed by atoms with Gasteiger partial charge < -0.3 is 14.2 Å². The summed E-state index contributed by atoms with van der Waals surface area (Å²) in [7, 11) is 2.72. The molecule has 5 rings (SSSR count). The SMILES string of the molecule is COC(=O)c1ccc(CCC(/C=C/c2ccccc2OCc2ccc(-c3ccc(C(F)(F)F)cc3)cc2)Cc2ccc(C(=O)OC)cc2)cc1. The molecular weight excluding hydrogens is 641 g/mol. The maximum atomic E-state index is 12.9. The van der Waals surface area contributed by atoms with Gasteiger partial charge in [0.25, 0.3) is 0 Å². The van der Waals surface area contributed by atoms with Crippen molar-refractivity contribution in [2.24, 2.45) is 5.92 Å². The van der Waals surface area contributed by atoms with Crippen LogP contribution in [-0.4, -0.2) is 26.2 Å². The van der Waals surface area contributed by atoms with Gasteiger partial charge in [0.15, 0.2) is 0 Å². The molecule has 50 heavy (non-hydrogen) atoms. The molecule has 0 aliphatic heterocycles. The van der Waals surface area contributed by atoms with Gasteiger partial charge in [-0.15, -0.1) is 0 Å². The summed E-state index contributed by atoms with van der Waals surface area (Å²) < 4.78 is 54.7. The third-order valence-electron chi connectivity index (χ3n) is 8.41. The molecule has 0 radical (unpaired) electrons. The molecule has 0 aromatic heterocycles. The van der Waals surface area contributed by atoms with Crippen molar-refractivity contribution < 1.29 is 37.0 Å². The second kappa shape index (κ2) is 16.7. The topological polar surface area (TPSA) is 61.8 Å². The number of hydrogen-bond donors (Lipinski definition) is 0. The Hall–Kier alpha value is -5.63. The van der Waals surface area contributed by atoms with E-state index in [-0.39, 0.29) is 17.9 Å². The maximum Gasteiger partial charge on any atom is 0.416 e. The number of aryl methyl sites for hydroxylation is 1. The molecule has 0 fully saturated rings. The fourth-order valence-electron chi connectivity index (χ4n) is 5.54. The molecule has 0 spiro atoms. The average molecular weight is 679 g/mol. The maximum absolute atomic E-state index is 12.9. The van der Waals surface area contributed by atoms with Crippen molar-refractivity contribution in [1.29, 1.82) is 0 Å². The van der Waals surface area contributed by atoms with Crippen LogP contribution in [0.2, 0.25) is 0 Å². The minimum atomic E-state index is -4.37. The number of halogens is 3. The van der Waals surface area contributed by atoms with Crippen molar-refractivity contribution in [3.8, 4) is 16.9 Å². The highest BCUT2D eigenvalue weighted by atomic mass is 19.4. The molecule has 5 aromatic carbocycles. The van der Waals surface area contributed by atoms with Gasteiger partial charge in [0, 0.05) is 5.56 Å². The van der Waals surface area contributed by atoms with Crippen molar-refractivity contribution in [2.75, 3.05) is 14.2 Å². The van der Waals surface area contributed by atoms with Crippen LogP contribution in [0.5, 0.6) is 5.75 Å². The number of alkyl halides is 3. The summed E-state index contributed by atoms with van der Waals surface area (Å²) in [5, 5.41) is 0. The van der Waals surface area contributed by atoms with Crippen LogP contribution in [-0.2, 0) is 35.1 Å². The van der Waals surface area contributed by atoms with E-state index in [1.54, 1.807) is 24.3 Å². The zero-order valence-electron chi connectivity index (χ0n) is 27.8. The first-order valence-electron chi connectivity index (χ1n) is 16.1. The molecule has 1 atom stereocenters. The Morgan fingerprint density at radius 3 is 1.74 bits per heavy atom. The molecule has 0 aliphatic rings. The molecule has 256 valence electrons. The molecule has 0 N–H and O–H groups in total. The third-order valence-corrected chi connectivity index (χ3v) is 8.41. The Bertz CT molecular complexity index is 1890. The minimum Gasteiger partial charge on any atom is -0.488 e. The predicted octanol–water partition coefficient (Wildman–Crippen LogP) is 10.0. The Balaban J connectivity index is 1.27.